The molecule has 1 aromatic rings. The van der Waals surface area contributed by atoms with Crippen LogP contribution in [0.1, 0.15) is 30.3 Å². The van der Waals surface area contributed by atoms with Crippen LogP contribution >= 0.6 is 0 Å². The fourth-order valence-corrected chi connectivity index (χ4v) is 1.31. The van der Waals surface area contributed by atoms with Crippen molar-refractivity contribution in [3.63, 3.8) is 0 Å². The highest BCUT2D eigenvalue weighted by molar-refractivity contribution is 6.65. The Kier molecular flexibility index (Phi) is 5.64. The monoisotopic (exact) mass is 282 g/mol. The molecule has 0 radical (unpaired) electrons. The van der Waals surface area contributed by atoms with Gasteiger partial charge in [-0.05, 0) is 6.42 Å². The molecule has 7 nitrogen and oxygen atoms in total. The van der Waals surface area contributed by atoms with E-state index in [9.17, 15) is 19.2 Å². The lowest BCUT2D eigenvalue weighted by Crippen LogP contribution is -2.27. The van der Waals surface area contributed by atoms with Crippen molar-refractivity contribution in [3.8, 4) is 5.75 Å². The molecule has 20 heavy (non-hydrogen) atoms. The first-order valence-electron chi connectivity index (χ1n) is 5.94. The minimum Gasteiger partial charge on any atom is -0.486 e. The van der Waals surface area contributed by atoms with Crippen molar-refractivity contribution in [2.45, 2.75) is 19.8 Å². The second kappa shape index (κ2) is 7.22. The predicted molar refractivity (Wildman–Crippen MR) is 66.7 cm³/mol. The third-order valence-corrected chi connectivity index (χ3v) is 2.36. The summed E-state index contributed by atoms with van der Waals surface area (Å²) in [5, 5.41) is 0. The van der Waals surface area contributed by atoms with Gasteiger partial charge in [0.25, 0.3) is 5.78 Å². The molecule has 1 rings (SSSR count). The Morgan fingerprint density at radius 2 is 2.00 bits per heavy atom. The second-order valence-corrected chi connectivity index (χ2v) is 3.79. The van der Waals surface area contributed by atoms with Crippen molar-refractivity contribution in [1.29, 1.82) is 0 Å². The van der Waals surface area contributed by atoms with Crippen molar-refractivity contribution in [2.24, 2.45) is 0 Å². The molecular formula is C13H14O7. The highest BCUT2D eigenvalue weighted by Crippen LogP contribution is 2.15. The molecule has 0 aromatic carbocycles. The molecule has 0 amide bonds. The van der Waals surface area contributed by atoms with E-state index in [1.54, 1.807) is 0 Å². The van der Waals surface area contributed by atoms with Crippen LogP contribution in [0.15, 0.2) is 21.5 Å². The Labute approximate surface area is 114 Å². The number of unbranched alkanes of at least 4 members (excludes halogenated alkanes) is 1. The average molecular weight is 282 g/mol. The van der Waals surface area contributed by atoms with E-state index >= 15 is 0 Å². The number of hydrogen-bond donors (Lipinski definition) is 0. The zero-order chi connectivity index (χ0) is 15.1. The first-order valence-corrected chi connectivity index (χ1v) is 5.94. The van der Waals surface area contributed by atoms with E-state index in [0.717, 1.165) is 25.9 Å². The van der Waals surface area contributed by atoms with Crippen LogP contribution in [-0.4, -0.2) is 31.3 Å². The lowest BCUT2D eigenvalue weighted by molar-refractivity contribution is -0.149. The molecule has 108 valence electrons. The molecule has 0 N–H and O–H groups in total. The fraction of sp³-hybridized carbons (Fsp3) is 0.385. The predicted octanol–water partition coefficient (Wildman–Crippen LogP) is 0.743. The van der Waals surface area contributed by atoms with Crippen molar-refractivity contribution >= 4 is 17.5 Å². The van der Waals surface area contributed by atoms with Crippen molar-refractivity contribution in [3.05, 3.63) is 28.3 Å². The van der Waals surface area contributed by atoms with Crippen LogP contribution in [-0.2, 0) is 14.3 Å². The van der Waals surface area contributed by atoms with Crippen molar-refractivity contribution in [2.75, 3.05) is 13.7 Å². The standard InChI is InChI=1S/C13H14O7/c1-3-4-6-19-11-8(14)5-7-20-12(11)9(15)10(16)13(17)18-2/h5,7H,3-4,6H2,1-2H3. The van der Waals surface area contributed by atoms with Gasteiger partial charge in [-0.1, -0.05) is 13.3 Å². The van der Waals surface area contributed by atoms with Gasteiger partial charge in [0.2, 0.25) is 16.9 Å². The van der Waals surface area contributed by atoms with Gasteiger partial charge < -0.3 is 13.9 Å². The summed E-state index contributed by atoms with van der Waals surface area (Å²) >= 11 is 0. The molecule has 1 aromatic heterocycles. The summed E-state index contributed by atoms with van der Waals surface area (Å²) in [4.78, 5) is 45.9. The Morgan fingerprint density at radius 1 is 1.30 bits per heavy atom. The number of esters is 1. The van der Waals surface area contributed by atoms with E-state index in [1.165, 1.54) is 0 Å². The van der Waals surface area contributed by atoms with Gasteiger partial charge in [0.15, 0.2) is 0 Å². The number of methoxy groups -OCH3 is 1. The van der Waals surface area contributed by atoms with Crippen molar-refractivity contribution in [1.82, 2.24) is 0 Å². The quantitative estimate of drug-likeness (QED) is 0.239. The van der Waals surface area contributed by atoms with Gasteiger partial charge in [-0.25, -0.2) is 4.79 Å². The van der Waals surface area contributed by atoms with Crippen LogP contribution in [0.25, 0.3) is 0 Å². The summed E-state index contributed by atoms with van der Waals surface area (Å²) in [6, 6.07) is 1.06. The van der Waals surface area contributed by atoms with Crippen LogP contribution in [0, 0.1) is 0 Å². The number of ketones is 2. The van der Waals surface area contributed by atoms with Crippen molar-refractivity contribution < 1.29 is 28.3 Å². The summed E-state index contributed by atoms with van der Waals surface area (Å²) in [5.41, 5.74) is -0.603. The van der Waals surface area contributed by atoms with E-state index in [4.69, 9.17) is 9.15 Å². The number of rotatable bonds is 7. The van der Waals surface area contributed by atoms with Gasteiger partial charge in [-0.15, -0.1) is 0 Å². The molecule has 0 atom stereocenters. The molecule has 0 saturated carbocycles. The summed E-state index contributed by atoms with van der Waals surface area (Å²) in [7, 11) is 0.966. The Balaban J connectivity index is 3.08. The molecule has 0 aliphatic carbocycles. The highest BCUT2D eigenvalue weighted by atomic mass is 16.5. The minimum atomic E-state index is -1.43. The molecule has 0 aliphatic rings. The molecule has 0 fully saturated rings. The van der Waals surface area contributed by atoms with Gasteiger partial charge in [-0.2, -0.15) is 0 Å². The summed E-state index contributed by atoms with van der Waals surface area (Å²) in [6.45, 7) is 2.11. The molecule has 0 bridgehead atoms. The number of ether oxygens (including phenoxy) is 2. The Bertz CT molecular complexity index is 570. The van der Waals surface area contributed by atoms with E-state index in [1.807, 2.05) is 6.92 Å². The van der Waals surface area contributed by atoms with Gasteiger partial charge in [0.1, 0.15) is 0 Å². The van der Waals surface area contributed by atoms with Gasteiger partial charge >= 0.3 is 11.8 Å². The normalized spacial score (nSPS) is 9.90. The lowest BCUT2D eigenvalue weighted by atomic mass is 10.2. The fourth-order valence-electron chi connectivity index (χ4n) is 1.31. The number of hydrogen-bond acceptors (Lipinski definition) is 7. The summed E-state index contributed by atoms with van der Waals surface area (Å²) in [5.74, 6) is -5.00. The Hall–Kier alpha value is -2.44. The maximum atomic E-state index is 11.8. The molecule has 1 heterocycles. The van der Waals surface area contributed by atoms with E-state index in [-0.39, 0.29) is 12.4 Å². The minimum absolute atomic E-state index is 0.192. The SMILES string of the molecule is CCCCOc1c(C(=O)C(=O)C(=O)OC)occc1=O. The molecule has 7 heteroatoms. The maximum Gasteiger partial charge on any atom is 0.383 e. The van der Waals surface area contributed by atoms with Gasteiger partial charge in [0, 0.05) is 6.07 Å². The zero-order valence-electron chi connectivity index (χ0n) is 11.1. The summed E-state index contributed by atoms with van der Waals surface area (Å²) in [6.07, 6.45) is 2.43. The average Bonchev–Trinajstić information content (AvgIpc) is 2.46. The van der Waals surface area contributed by atoms with Crippen LogP contribution < -0.4 is 10.2 Å². The van der Waals surface area contributed by atoms with E-state index in [2.05, 4.69) is 4.74 Å². The van der Waals surface area contributed by atoms with E-state index in [0.29, 0.717) is 6.42 Å². The van der Waals surface area contributed by atoms with Crippen LogP contribution in [0.4, 0.5) is 0 Å². The second-order valence-electron chi connectivity index (χ2n) is 3.79. The molecular weight excluding hydrogens is 268 g/mol. The molecule has 0 unspecified atom stereocenters. The number of Topliss-reactive ketones (excluding diaryl/α,β-unsaturated/α-hetero) is 2. The highest BCUT2D eigenvalue weighted by Gasteiger charge is 2.30. The molecule has 0 saturated heterocycles. The summed E-state index contributed by atoms with van der Waals surface area (Å²) < 4.78 is 14.2. The molecule has 0 aliphatic heterocycles. The molecule has 0 spiro atoms. The first-order chi connectivity index (χ1) is 9.52. The topological polar surface area (TPSA) is 99.9 Å². The first kappa shape index (κ1) is 15.6. The van der Waals surface area contributed by atoms with Crippen LogP contribution in [0.2, 0.25) is 0 Å². The number of carbonyl (C=O) groups excluding carboxylic acids is 3. The third-order valence-electron chi connectivity index (χ3n) is 2.36. The van der Waals surface area contributed by atoms with Gasteiger partial charge in [-0.3, -0.25) is 14.4 Å². The largest absolute Gasteiger partial charge is 0.486 e. The number of carbonyl (C=O) groups is 3. The van der Waals surface area contributed by atoms with Gasteiger partial charge in [0.05, 0.1) is 20.0 Å². The smallest absolute Gasteiger partial charge is 0.383 e. The Morgan fingerprint density at radius 3 is 2.60 bits per heavy atom. The van der Waals surface area contributed by atoms with E-state index < -0.39 is 28.7 Å². The zero-order valence-corrected chi connectivity index (χ0v) is 11.1. The van der Waals surface area contributed by atoms with Crippen LogP contribution in [0.5, 0.6) is 5.75 Å². The third kappa shape index (κ3) is 3.53. The lowest BCUT2D eigenvalue weighted by Gasteiger charge is -2.07. The maximum absolute atomic E-state index is 11.8. The van der Waals surface area contributed by atoms with Crippen LogP contribution in [0.3, 0.4) is 0 Å².